The van der Waals surface area contributed by atoms with E-state index in [9.17, 15) is 9.18 Å². The van der Waals surface area contributed by atoms with Crippen LogP contribution >= 0.6 is 0 Å². The van der Waals surface area contributed by atoms with E-state index in [1.807, 2.05) is 6.07 Å². The molecule has 1 atom stereocenters. The Bertz CT molecular complexity index is 1560. The maximum absolute atomic E-state index is 14.4. The van der Waals surface area contributed by atoms with Crippen LogP contribution < -0.4 is 26.2 Å². The molecule has 0 aliphatic carbocycles. The average Bonchev–Trinajstić information content (AvgIpc) is 3.32. The predicted octanol–water partition coefficient (Wildman–Crippen LogP) is 2.55. The molecule has 1 aliphatic rings. The van der Waals surface area contributed by atoms with Gasteiger partial charge in [0.05, 0.1) is 13.7 Å². The van der Waals surface area contributed by atoms with Crippen molar-refractivity contribution in [3.05, 3.63) is 93.5 Å². The first kappa shape index (κ1) is 27.8. The fraction of sp³-hybridized carbons (Fsp3) is 0.192. The highest BCUT2D eigenvalue weighted by atomic mass is 19.1. The third-order valence-electron chi connectivity index (χ3n) is 5.61. The molecule has 40 heavy (non-hydrogen) atoms. The Hall–Kier alpha value is -5.24. The Labute approximate surface area is 226 Å². The fourth-order valence-corrected chi connectivity index (χ4v) is 3.89. The largest absolute Gasteiger partial charge is 0.493 e. The molecule has 13 nitrogen and oxygen atoms in total. The Morgan fingerprint density at radius 3 is 2.67 bits per heavy atom. The summed E-state index contributed by atoms with van der Waals surface area (Å²) in [6, 6.07) is 12.4. The van der Waals surface area contributed by atoms with Crippen LogP contribution in [-0.4, -0.2) is 50.6 Å². The molecular weight excluding hydrogens is 525 g/mol. The zero-order valence-electron chi connectivity index (χ0n) is 21.5. The normalized spacial score (nSPS) is 12.7. The summed E-state index contributed by atoms with van der Waals surface area (Å²) in [5.41, 5.74) is 7.57. The van der Waals surface area contributed by atoms with Gasteiger partial charge in [-0.15, -0.1) is 5.10 Å². The predicted molar refractivity (Wildman–Crippen MR) is 141 cm³/mol. The van der Waals surface area contributed by atoms with Crippen LogP contribution in [0.5, 0.6) is 11.5 Å². The number of fused-ring (bicyclic) bond motifs is 1. The molecule has 0 amide bonds. The zero-order valence-corrected chi connectivity index (χ0v) is 21.5. The first-order valence-corrected chi connectivity index (χ1v) is 11.8. The smallest absolute Gasteiger partial charge is 0.349 e. The lowest BCUT2D eigenvalue weighted by atomic mass is 10.0. The van der Waals surface area contributed by atoms with E-state index in [-0.39, 0.29) is 24.3 Å². The molecule has 0 spiro atoms. The second kappa shape index (κ2) is 12.1. The number of hydrogen-bond donors (Lipinski definition) is 5. The third kappa shape index (κ3) is 6.24. The number of halogens is 1. The number of nitrogens with zero attached hydrogens (tertiary/aromatic N) is 3. The van der Waals surface area contributed by atoms with Crippen LogP contribution in [0.1, 0.15) is 35.5 Å². The van der Waals surface area contributed by atoms with Crippen molar-refractivity contribution in [1.82, 2.24) is 19.7 Å². The highest BCUT2D eigenvalue weighted by molar-refractivity contribution is 5.95. The van der Waals surface area contributed by atoms with E-state index < -0.39 is 23.5 Å². The second-order valence-corrected chi connectivity index (χ2v) is 8.45. The number of nitrogens with one attached hydrogen (secondary N) is 3. The maximum atomic E-state index is 14.4. The molecule has 6 N–H and O–H groups in total. The SMILES string of the molecule is CC(=O)O.COc1cc([C@H](Nc2ccc(C(=N)N)cc2)c2nn(-c3ncccc3F)c(=O)[nH]2)cc2c1OCOC2. The topological polar surface area (TPSA) is 190 Å². The lowest BCUT2D eigenvalue weighted by Crippen LogP contribution is -2.18. The van der Waals surface area contributed by atoms with Gasteiger partial charge in [0, 0.05) is 29.9 Å². The maximum Gasteiger partial charge on any atom is 0.349 e. The summed E-state index contributed by atoms with van der Waals surface area (Å²) in [7, 11) is 1.53. The second-order valence-electron chi connectivity index (χ2n) is 8.45. The van der Waals surface area contributed by atoms with Gasteiger partial charge in [-0.3, -0.25) is 15.2 Å². The molecule has 0 radical (unpaired) electrons. The van der Waals surface area contributed by atoms with Crippen molar-refractivity contribution in [2.75, 3.05) is 19.2 Å². The standard InChI is InChI=1S/C24H22FN7O4.C2H4O2/c1-34-18-10-14(9-15-11-35-12-36-20(15)18)19(29-16-6-4-13(5-7-16)21(26)27)22-30-24(33)32(31-22)23-17(25)3-2-8-28-23;1-2(3)4/h2-10,19,29H,11-12H2,1H3,(H3,26,27)(H,30,31,33);1H3,(H,3,4)/t19-;/m0./s1. The number of carboxylic acids is 1. The van der Waals surface area contributed by atoms with Gasteiger partial charge in [-0.25, -0.2) is 14.2 Å². The molecule has 0 unspecified atom stereocenters. The first-order chi connectivity index (χ1) is 19.2. The van der Waals surface area contributed by atoms with E-state index in [4.69, 9.17) is 35.3 Å². The number of nitrogen functional groups attached to an aromatic ring is 1. The van der Waals surface area contributed by atoms with E-state index >= 15 is 0 Å². The molecule has 0 saturated heterocycles. The van der Waals surface area contributed by atoms with Gasteiger partial charge in [0.2, 0.25) is 0 Å². The van der Waals surface area contributed by atoms with Gasteiger partial charge < -0.3 is 30.4 Å². The van der Waals surface area contributed by atoms with E-state index in [2.05, 4.69) is 20.4 Å². The summed E-state index contributed by atoms with van der Waals surface area (Å²) < 4.78 is 31.8. The minimum atomic E-state index is -0.833. The number of benzene rings is 2. The molecule has 2 aromatic carbocycles. The fourth-order valence-electron chi connectivity index (χ4n) is 3.89. The van der Waals surface area contributed by atoms with Crippen molar-refractivity contribution < 1.29 is 28.5 Å². The van der Waals surface area contributed by atoms with Crippen LogP contribution in [0.3, 0.4) is 0 Å². The molecule has 0 saturated carbocycles. The molecule has 1 aliphatic heterocycles. The summed E-state index contributed by atoms with van der Waals surface area (Å²) in [5.74, 6) is -0.529. The average molecular weight is 552 g/mol. The number of ether oxygens (including phenoxy) is 3. The molecule has 0 bridgehead atoms. The number of anilines is 1. The van der Waals surface area contributed by atoms with E-state index in [0.717, 1.165) is 17.2 Å². The Morgan fingerprint density at radius 1 is 1.30 bits per heavy atom. The number of carbonyl (C=O) groups is 1. The van der Waals surface area contributed by atoms with Crippen LogP contribution in [0.4, 0.5) is 10.1 Å². The number of rotatable bonds is 7. The first-order valence-electron chi connectivity index (χ1n) is 11.8. The van der Waals surface area contributed by atoms with Crippen molar-refractivity contribution in [3.63, 3.8) is 0 Å². The number of aromatic nitrogens is 4. The van der Waals surface area contributed by atoms with E-state index in [1.54, 1.807) is 30.3 Å². The highest BCUT2D eigenvalue weighted by Crippen LogP contribution is 2.38. The highest BCUT2D eigenvalue weighted by Gasteiger charge is 2.26. The van der Waals surface area contributed by atoms with Crippen molar-refractivity contribution >= 4 is 17.5 Å². The summed E-state index contributed by atoms with van der Waals surface area (Å²) >= 11 is 0. The minimum absolute atomic E-state index is 0.0574. The number of pyridine rings is 1. The summed E-state index contributed by atoms with van der Waals surface area (Å²) in [5, 5.41) is 22.7. The van der Waals surface area contributed by atoms with Crippen LogP contribution in [0.25, 0.3) is 5.82 Å². The Morgan fingerprint density at radius 2 is 2.02 bits per heavy atom. The number of nitrogens with two attached hydrogens (primary N) is 1. The van der Waals surface area contributed by atoms with Crippen LogP contribution in [0, 0.1) is 11.2 Å². The lowest BCUT2D eigenvalue weighted by Gasteiger charge is -2.24. The molecule has 0 fully saturated rings. The van der Waals surface area contributed by atoms with Gasteiger partial charge in [-0.05, 0) is 54.1 Å². The lowest BCUT2D eigenvalue weighted by molar-refractivity contribution is -0.134. The summed E-state index contributed by atoms with van der Waals surface area (Å²) in [6.45, 7) is 1.50. The number of aromatic amines is 1. The molecule has 208 valence electrons. The van der Waals surface area contributed by atoms with Crippen molar-refractivity contribution in [1.29, 1.82) is 5.41 Å². The minimum Gasteiger partial charge on any atom is -0.493 e. The third-order valence-corrected chi connectivity index (χ3v) is 5.61. The molecule has 14 heteroatoms. The number of amidine groups is 1. The van der Waals surface area contributed by atoms with Crippen molar-refractivity contribution in [3.8, 4) is 17.3 Å². The van der Waals surface area contributed by atoms with Crippen molar-refractivity contribution in [2.45, 2.75) is 19.6 Å². The van der Waals surface area contributed by atoms with E-state index in [0.29, 0.717) is 34.9 Å². The van der Waals surface area contributed by atoms with Crippen LogP contribution in [0.15, 0.2) is 59.5 Å². The van der Waals surface area contributed by atoms with Gasteiger partial charge in [-0.1, -0.05) is 0 Å². The number of carboxylic acid groups (broad SMARTS) is 1. The molecule has 3 heterocycles. The number of hydrogen-bond acceptors (Lipinski definition) is 9. The van der Waals surface area contributed by atoms with Gasteiger partial charge >= 0.3 is 5.69 Å². The van der Waals surface area contributed by atoms with Crippen LogP contribution in [0.2, 0.25) is 0 Å². The summed E-state index contributed by atoms with van der Waals surface area (Å²) in [4.78, 5) is 28.4. The number of aliphatic carboxylic acids is 1. The Kier molecular flexibility index (Phi) is 8.39. The van der Waals surface area contributed by atoms with Gasteiger partial charge in [0.15, 0.2) is 35.8 Å². The monoisotopic (exact) mass is 551 g/mol. The summed E-state index contributed by atoms with van der Waals surface area (Å²) in [6.07, 6.45) is 1.37. The molecule has 2 aromatic heterocycles. The molecular formula is C26H26FN7O6. The number of H-pyrrole nitrogens is 1. The van der Waals surface area contributed by atoms with Crippen molar-refractivity contribution in [2.24, 2.45) is 5.73 Å². The van der Waals surface area contributed by atoms with E-state index in [1.165, 1.54) is 25.4 Å². The quantitative estimate of drug-likeness (QED) is 0.168. The van der Waals surface area contributed by atoms with Gasteiger partial charge in [-0.2, -0.15) is 4.68 Å². The molecule has 4 aromatic rings. The zero-order chi connectivity index (χ0) is 28.8. The molecule has 5 rings (SSSR count). The Balaban J connectivity index is 0.000000867. The van der Waals surface area contributed by atoms with Crippen LogP contribution in [-0.2, 0) is 16.1 Å². The number of methoxy groups -OCH3 is 1. The van der Waals surface area contributed by atoms with Gasteiger partial charge in [0.25, 0.3) is 5.97 Å². The van der Waals surface area contributed by atoms with Gasteiger partial charge in [0.1, 0.15) is 11.9 Å².